The second kappa shape index (κ2) is 24.9. The van der Waals surface area contributed by atoms with E-state index in [9.17, 15) is 0 Å². The van der Waals surface area contributed by atoms with Gasteiger partial charge in [-0.2, -0.15) is 12.1 Å². The molecule has 0 atom stereocenters. The van der Waals surface area contributed by atoms with E-state index in [1.807, 2.05) is 0 Å². The molecular weight excluding hydrogens is 839 g/mol. The average Bonchev–Trinajstić information content (AvgIpc) is 3.63. The van der Waals surface area contributed by atoms with Crippen LogP contribution in [0.25, 0.3) is 43.8 Å². The van der Waals surface area contributed by atoms with Crippen molar-refractivity contribution in [2.45, 2.75) is 130 Å². The van der Waals surface area contributed by atoms with Gasteiger partial charge in [-0.3, -0.25) is 0 Å². The zero-order chi connectivity index (χ0) is 38.0. The molecule has 2 aliphatic carbocycles. The Morgan fingerprint density at radius 3 is 1.14 bits per heavy atom. The molecule has 2 saturated carbocycles. The summed E-state index contributed by atoms with van der Waals surface area (Å²) in [5.41, 5.74) is 12.2. The third kappa shape index (κ3) is 12.9. The van der Waals surface area contributed by atoms with Crippen LogP contribution >= 0.6 is 24.8 Å². The molecule has 6 aromatic carbocycles. The number of aryl methyl sites for hydroxylation is 2. The van der Waals surface area contributed by atoms with Gasteiger partial charge in [0.1, 0.15) is 0 Å². The molecule has 0 unspecified atom stereocenters. The van der Waals surface area contributed by atoms with Crippen LogP contribution in [0.4, 0.5) is 0 Å². The quantitative estimate of drug-likeness (QED) is 0.0811. The fraction of sp³-hybridized carbons (Fsp3) is 0.407. The van der Waals surface area contributed by atoms with Crippen molar-refractivity contribution in [1.29, 1.82) is 0 Å². The van der Waals surface area contributed by atoms with Crippen LogP contribution < -0.4 is 0 Å². The molecule has 2 fully saturated rings. The van der Waals surface area contributed by atoms with Crippen molar-refractivity contribution in [3.8, 4) is 22.3 Å². The van der Waals surface area contributed by atoms with Crippen molar-refractivity contribution in [1.82, 2.24) is 0 Å². The summed E-state index contributed by atoms with van der Waals surface area (Å²) in [5, 5.41) is 5.65. The summed E-state index contributed by atoms with van der Waals surface area (Å²) >= 11 is 1.36. The van der Waals surface area contributed by atoms with E-state index in [0.29, 0.717) is 10.8 Å². The van der Waals surface area contributed by atoms with Gasteiger partial charge in [0, 0.05) is 0 Å². The van der Waals surface area contributed by atoms with E-state index in [1.165, 1.54) is 181 Å². The van der Waals surface area contributed by atoms with Gasteiger partial charge in [0.2, 0.25) is 0 Å². The number of hydrogen-bond donors (Lipinski definition) is 0. The van der Waals surface area contributed by atoms with E-state index in [4.69, 9.17) is 0 Å². The number of hydrogen-bond acceptors (Lipinski definition) is 0. The van der Waals surface area contributed by atoms with Crippen LogP contribution in [0.3, 0.4) is 0 Å². The maximum absolute atomic E-state index is 3.06. The average molecular weight is 909 g/mol. The summed E-state index contributed by atoms with van der Waals surface area (Å²) in [7, 11) is 0. The minimum atomic E-state index is 0. The summed E-state index contributed by atoms with van der Waals surface area (Å²) < 4.78 is 0. The van der Waals surface area contributed by atoms with Gasteiger partial charge in [-0.15, -0.1) is 93.9 Å². The first-order valence-corrected chi connectivity index (χ1v) is 25.3. The fourth-order valence-electron chi connectivity index (χ4n) is 9.90. The fourth-order valence-corrected chi connectivity index (χ4v) is 9.90. The molecule has 4 heteroatoms. The third-order valence-corrected chi connectivity index (χ3v) is 13.3. The van der Waals surface area contributed by atoms with Gasteiger partial charge in [0.25, 0.3) is 0 Å². The van der Waals surface area contributed by atoms with Gasteiger partial charge in [0.15, 0.2) is 0 Å². The standard InChI is InChI=1S/2C26H31.2CH3.2ClH.Si.Zr/c2*1-3-26(15-6-4-5-7-16-26)19-21-17-23-9-8-10-24(25(23)18-21)22-13-11-20(2)12-14-22;;;;;;/h2*8-14,17-18H,3-7,15-16,19H2,1-2H3;2*1H3;2*1H;;/q4*-1;;;;. The first-order valence-electron chi connectivity index (χ1n) is 21.1. The van der Waals surface area contributed by atoms with Crippen LogP contribution in [-0.4, -0.2) is 6.88 Å². The molecule has 8 rings (SSSR count). The molecule has 0 aromatic heterocycles. The van der Waals surface area contributed by atoms with Crippen molar-refractivity contribution in [2.24, 2.45) is 10.8 Å². The van der Waals surface area contributed by atoms with E-state index in [2.05, 4.69) is 144 Å². The van der Waals surface area contributed by atoms with Gasteiger partial charge in [-0.1, -0.05) is 161 Å². The summed E-state index contributed by atoms with van der Waals surface area (Å²) in [6, 6.07) is 41.3. The van der Waals surface area contributed by atoms with Crippen LogP contribution in [0.2, 0.25) is 0 Å². The number of benzene rings is 4. The molecule has 0 heterocycles. The Kier molecular flexibility index (Phi) is 22.3. The van der Waals surface area contributed by atoms with Crippen molar-refractivity contribution in [3.05, 3.63) is 146 Å². The summed E-state index contributed by atoms with van der Waals surface area (Å²) in [6.07, 6.45) is 22.2. The van der Waals surface area contributed by atoms with Crippen LogP contribution in [0.15, 0.2) is 109 Å². The van der Waals surface area contributed by atoms with Crippen molar-refractivity contribution in [2.75, 3.05) is 0 Å². The second-order valence-corrected chi connectivity index (χ2v) is 17.0. The topological polar surface area (TPSA) is 0 Å². The first-order chi connectivity index (χ1) is 26.4. The molecule has 0 N–H and O–H groups in total. The Balaban J connectivity index is 0.000000360. The molecular formula is C54H70Cl2SiZr-4. The van der Waals surface area contributed by atoms with Crippen molar-refractivity contribution in [3.63, 3.8) is 0 Å². The number of halogens is 2. The van der Waals surface area contributed by atoms with E-state index in [1.54, 1.807) is 11.1 Å². The Morgan fingerprint density at radius 1 is 0.500 bits per heavy atom. The van der Waals surface area contributed by atoms with Gasteiger partial charge in [-0.25, -0.2) is 0 Å². The maximum atomic E-state index is 3.06. The summed E-state index contributed by atoms with van der Waals surface area (Å²) in [4.78, 5) is 0. The van der Waals surface area contributed by atoms with Crippen LogP contribution in [0.5, 0.6) is 0 Å². The number of fused-ring (bicyclic) bond motifs is 2. The molecule has 0 amide bonds. The van der Waals surface area contributed by atoms with Gasteiger partial charge in [0.05, 0.1) is 0 Å². The van der Waals surface area contributed by atoms with Gasteiger partial charge < -0.3 is 14.9 Å². The molecule has 0 spiro atoms. The molecule has 0 bridgehead atoms. The molecule has 2 aliphatic rings. The molecule has 312 valence electrons. The van der Waals surface area contributed by atoms with Crippen molar-refractivity contribution >= 4 is 53.2 Å². The Morgan fingerprint density at radius 2 is 0.828 bits per heavy atom. The third-order valence-electron chi connectivity index (χ3n) is 13.3. The van der Waals surface area contributed by atoms with E-state index >= 15 is 0 Å². The summed E-state index contributed by atoms with van der Waals surface area (Å²) in [5.74, 6) is 0. The van der Waals surface area contributed by atoms with E-state index < -0.39 is 0 Å². The SMILES string of the molecule is CCC1(Cc2cc3c(-c4ccc(C)cc4)cccc3[cH-]2)CCCCCC1.CCC1(Cc2cc3c(-c4ccc(C)cc4)cccc3[cH-]2)CCCCCC1.Cl.Cl.[CH3-].[CH3-].[Si]=[Zr]. The molecule has 2 radical (unpaired) electrons. The Hall–Kier alpha value is -2.22. The molecule has 0 aliphatic heterocycles. The van der Waals surface area contributed by atoms with Crippen LogP contribution in [0.1, 0.15) is 126 Å². The first kappa shape index (κ1) is 51.9. The molecule has 0 saturated heterocycles. The minimum absolute atomic E-state index is 0. The summed E-state index contributed by atoms with van der Waals surface area (Å²) in [6.45, 7) is 12.2. The molecule has 6 aromatic rings. The van der Waals surface area contributed by atoms with Gasteiger partial charge in [-0.05, 0) is 74.3 Å². The Labute approximate surface area is 383 Å². The van der Waals surface area contributed by atoms with Crippen LogP contribution in [-0.2, 0) is 36.2 Å². The predicted molar refractivity (Wildman–Crippen MR) is 261 cm³/mol. The predicted octanol–water partition coefficient (Wildman–Crippen LogP) is 17.0. The normalized spacial score (nSPS) is 15.6. The molecule has 58 heavy (non-hydrogen) atoms. The van der Waals surface area contributed by atoms with Gasteiger partial charge >= 0.3 is 30.2 Å². The van der Waals surface area contributed by atoms with Crippen LogP contribution in [0, 0.1) is 39.5 Å². The van der Waals surface area contributed by atoms with E-state index in [0.717, 1.165) is 0 Å². The number of rotatable bonds is 8. The zero-order valence-corrected chi connectivity index (χ0v) is 41.6. The molecule has 0 nitrogen and oxygen atoms in total. The monoisotopic (exact) mass is 906 g/mol. The van der Waals surface area contributed by atoms with E-state index in [-0.39, 0.29) is 39.7 Å². The Bertz CT molecular complexity index is 1900. The second-order valence-electron chi connectivity index (χ2n) is 17.0. The zero-order valence-electron chi connectivity index (χ0n) is 36.5. The van der Waals surface area contributed by atoms with Crippen molar-refractivity contribution < 1.29 is 23.3 Å².